The van der Waals surface area contributed by atoms with Gasteiger partial charge in [0, 0.05) is 50.4 Å². The fraction of sp³-hybridized carbons (Fsp3) is 0.654. The molecule has 2 aliphatic heterocycles. The molecule has 0 bridgehead atoms. The number of fused-ring (bicyclic) bond motifs is 1. The number of hydrogen-bond donors (Lipinski definition) is 1. The molecule has 3 fully saturated rings. The van der Waals surface area contributed by atoms with Gasteiger partial charge in [0.25, 0.3) is 0 Å². The Labute approximate surface area is 205 Å². The predicted octanol–water partition coefficient (Wildman–Crippen LogP) is 3.53. The van der Waals surface area contributed by atoms with Gasteiger partial charge in [-0.25, -0.2) is 8.78 Å². The summed E-state index contributed by atoms with van der Waals surface area (Å²) >= 11 is 0. The molecule has 1 atom stereocenters. The van der Waals surface area contributed by atoms with E-state index in [-0.39, 0.29) is 10.6 Å². The molecule has 0 aromatic carbocycles. The molecule has 194 valence electrons. The van der Waals surface area contributed by atoms with Crippen molar-refractivity contribution in [2.75, 3.05) is 46.7 Å². The lowest BCUT2D eigenvalue weighted by Crippen LogP contribution is -2.41. The zero-order valence-electron chi connectivity index (χ0n) is 20.5. The topological polar surface area (TPSA) is 65.5 Å². The first-order chi connectivity index (χ1) is 16.4. The minimum Gasteiger partial charge on any atom is -0.352 e. The molecule has 1 N–H and O–H groups in total. The molecule has 1 aromatic rings. The molecular weight excluding hydrogens is 457 g/mol. The van der Waals surface area contributed by atoms with Crippen LogP contribution in [0.5, 0.6) is 0 Å². The van der Waals surface area contributed by atoms with E-state index in [1.54, 1.807) is 6.20 Å². The molecule has 2 saturated heterocycles. The Morgan fingerprint density at radius 2 is 1.86 bits per heavy atom. The molecule has 1 saturated carbocycles. The van der Waals surface area contributed by atoms with Crippen molar-refractivity contribution in [2.24, 2.45) is 17.3 Å². The molecule has 9 heteroatoms. The van der Waals surface area contributed by atoms with Crippen LogP contribution in [0.4, 0.5) is 13.5 Å². The van der Waals surface area contributed by atoms with Crippen molar-refractivity contribution >= 4 is 17.9 Å². The van der Waals surface area contributed by atoms with Gasteiger partial charge in [0.1, 0.15) is 0 Å². The zero-order chi connectivity index (χ0) is 24.1. The molecule has 1 aromatic heterocycles. The second kappa shape index (κ2) is 12.0. The van der Waals surface area contributed by atoms with Crippen molar-refractivity contribution < 1.29 is 23.1 Å². The Kier molecular flexibility index (Phi) is 9.33. The third-order valence-corrected chi connectivity index (χ3v) is 8.23. The summed E-state index contributed by atoms with van der Waals surface area (Å²) in [4.78, 5) is 34.0. The SMILES string of the molecule is CN1CCC(CC(=O)N2CCC3(CC2)CC3CNC(=O)C2=Cc3cnccc3C2)CC1.F.FCF. The number of aromatic nitrogens is 1. The summed E-state index contributed by atoms with van der Waals surface area (Å²) in [6.45, 7) is 3.03. The van der Waals surface area contributed by atoms with E-state index >= 15 is 0 Å². The fourth-order valence-electron chi connectivity index (χ4n) is 5.82. The minimum atomic E-state index is -1.75. The number of nitrogens with one attached hydrogen (secondary N) is 1. The van der Waals surface area contributed by atoms with Gasteiger partial charge in [0.15, 0.2) is 0 Å². The van der Waals surface area contributed by atoms with Crippen LogP contribution in [0.25, 0.3) is 6.08 Å². The third-order valence-electron chi connectivity index (χ3n) is 8.23. The van der Waals surface area contributed by atoms with E-state index in [1.807, 2.05) is 18.3 Å². The first-order valence-corrected chi connectivity index (χ1v) is 12.4. The van der Waals surface area contributed by atoms with Gasteiger partial charge in [-0.1, -0.05) is 0 Å². The Morgan fingerprint density at radius 1 is 1.17 bits per heavy atom. The van der Waals surface area contributed by atoms with Gasteiger partial charge in [0.05, 0.1) is 0 Å². The van der Waals surface area contributed by atoms with E-state index in [0.29, 0.717) is 29.6 Å². The summed E-state index contributed by atoms with van der Waals surface area (Å²) in [6, 6.07) is 1.99. The van der Waals surface area contributed by atoms with Crippen molar-refractivity contribution in [1.29, 1.82) is 0 Å². The van der Waals surface area contributed by atoms with Gasteiger partial charge in [0.2, 0.25) is 18.7 Å². The number of carbonyl (C=O) groups excluding carboxylic acids is 2. The maximum Gasteiger partial charge on any atom is 0.247 e. The molecule has 2 amide bonds. The average Bonchev–Trinajstić information content (AvgIpc) is 3.31. The van der Waals surface area contributed by atoms with Crippen LogP contribution in [0, 0.1) is 17.3 Å². The van der Waals surface area contributed by atoms with Crippen LogP contribution < -0.4 is 5.32 Å². The number of alkyl halides is 2. The average molecular weight is 495 g/mol. The van der Waals surface area contributed by atoms with Gasteiger partial charge in [-0.15, -0.1) is 0 Å². The van der Waals surface area contributed by atoms with Crippen LogP contribution in [0.2, 0.25) is 0 Å². The number of carbonyl (C=O) groups is 2. The summed E-state index contributed by atoms with van der Waals surface area (Å²) in [5.74, 6) is 1.55. The number of likely N-dealkylation sites (tertiary alicyclic amines) is 2. The van der Waals surface area contributed by atoms with Crippen LogP contribution in [0.3, 0.4) is 0 Å². The first kappa shape index (κ1) is 27.2. The highest BCUT2D eigenvalue weighted by molar-refractivity contribution is 6.00. The molecule has 2 aliphatic carbocycles. The van der Waals surface area contributed by atoms with E-state index < -0.39 is 6.93 Å². The van der Waals surface area contributed by atoms with Gasteiger partial charge < -0.3 is 15.1 Å². The number of hydrogen-bond acceptors (Lipinski definition) is 4. The van der Waals surface area contributed by atoms with Crippen LogP contribution in [0.1, 0.15) is 49.7 Å². The minimum absolute atomic E-state index is 0. The monoisotopic (exact) mass is 494 g/mol. The van der Waals surface area contributed by atoms with Crippen LogP contribution in [0.15, 0.2) is 24.0 Å². The number of rotatable bonds is 5. The van der Waals surface area contributed by atoms with E-state index in [2.05, 4.69) is 27.1 Å². The molecule has 6 nitrogen and oxygen atoms in total. The van der Waals surface area contributed by atoms with E-state index in [4.69, 9.17) is 0 Å². The van der Waals surface area contributed by atoms with Crippen LogP contribution in [-0.4, -0.2) is 73.3 Å². The molecular formula is C26H37F3N4O2. The van der Waals surface area contributed by atoms with E-state index in [0.717, 1.165) is 76.0 Å². The molecule has 35 heavy (non-hydrogen) atoms. The highest BCUT2D eigenvalue weighted by atomic mass is 19.3. The second-order valence-corrected chi connectivity index (χ2v) is 10.3. The van der Waals surface area contributed by atoms with Crippen molar-refractivity contribution in [1.82, 2.24) is 20.1 Å². The summed E-state index contributed by atoms with van der Waals surface area (Å²) in [7, 11) is 2.16. The van der Waals surface area contributed by atoms with Gasteiger partial charge >= 0.3 is 0 Å². The quantitative estimate of drug-likeness (QED) is 0.680. The molecule has 1 unspecified atom stereocenters. The van der Waals surface area contributed by atoms with Crippen LogP contribution >= 0.6 is 0 Å². The molecule has 1 spiro atoms. The lowest BCUT2D eigenvalue weighted by atomic mass is 9.89. The second-order valence-electron chi connectivity index (χ2n) is 10.3. The Morgan fingerprint density at radius 3 is 2.51 bits per heavy atom. The Bertz CT molecular complexity index is 910. The molecule has 4 aliphatic rings. The maximum atomic E-state index is 12.8. The number of amides is 2. The third kappa shape index (κ3) is 6.63. The molecule has 5 rings (SSSR count). The molecule has 3 heterocycles. The number of pyridine rings is 1. The highest BCUT2D eigenvalue weighted by Gasteiger charge is 2.54. The van der Waals surface area contributed by atoms with Crippen molar-refractivity contribution in [3.8, 4) is 0 Å². The fourth-order valence-corrected chi connectivity index (χ4v) is 5.82. The first-order valence-electron chi connectivity index (χ1n) is 12.4. The Hall–Kier alpha value is -2.42. The Balaban J connectivity index is 0.000000815. The number of halogens is 3. The summed E-state index contributed by atoms with van der Waals surface area (Å²) in [5, 5.41) is 3.17. The highest BCUT2D eigenvalue weighted by Crippen LogP contribution is 2.59. The maximum absolute atomic E-state index is 12.8. The summed E-state index contributed by atoms with van der Waals surface area (Å²) in [6.07, 6.45) is 12.7. The van der Waals surface area contributed by atoms with E-state index in [1.165, 1.54) is 12.0 Å². The number of nitrogens with zero attached hydrogens (tertiary/aromatic N) is 3. The van der Waals surface area contributed by atoms with Crippen molar-refractivity contribution in [2.45, 2.75) is 44.9 Å². The van der Waals surface area contributed by atoms with Gasteiger partial charge in [-0.3, -0.25) is 19.3 Å². The van der Waals surface area contributed by atoms with Gasteiger partial charge in [-0.2, -0.15) is 0 Å². The predicted molar refractivity (Wildman–Crippen MR) is 130 cm³/mol. The summed E-state index contributed by atoms with van der Waals surface area (Å²) < 4.78 is 19.2. The number of piperidine rings is 2. The largest absolute Gasteiger partial charge is 0.352 e. The zero-order valence-corrected chi connectivity index (χ0v) is 20.5. The normalized spacial score (nSPS) is 22.9. The van der Waals surface area contributed by atoms with Gasteiger partial charge in [-0.05, 0) is 92.8 Å². The summed E-state index contributed by atoms with van der Waals surface area (Å²) in [5.41, 5.74) is 3.44. The van der Waals surface area contributed by atoms with Crippen LogP contribution in [-0.2, 0) is 16.0 Å². The van der Waals surface area contributed by atoms with E-state index in [9.17, 15) is 18.4 Å². The van der Waals surface area contributed by atoms with Crippen molar-refractivity contribution in [3.63, 3.8) is 0 Å². The standard InChI is InChI=1S/C25H34N4O2.CH2F2.FH/c1-28-8-3-18(4-9-28)12-23(30)29-10-5-25(6-11-29)15-22(25)17-27-24(31)20-13-19-2-7-26-16-21(19)14-20;2-1-3;/h2,7,14,16,18,22H,3-6,8-13,15,17H2,1H3,(H,27,31);1H2;1H. The lowest BCUT2D eigenvalue weighted by Gasteiger charge is -2.35. The molecule has 0 radical (unpaired) electrons. The smallest absolute Gasteiger partial charge is 0.247 e. The van der Waals surface area contributed by atoms with Crippen molar-refractivity contribution in [3.05, 3.63) is 35.2 Å². The lowest BCUT2D eigenvalue weighted by molar-refractivity contribution is -0.134.